The summed E-state index contributed by atoms with van der Waals surface area (Å²) in [6.45, 7) is 3.26. The normalized spacial score (nSPS) is 22.0. The molecule has 11 heteroatoms. The van der Waals surface area contributed by atoms with E-state index in [9.17, 15) is 35.5 Å². The fourth-order valence-corrected chi connectivity index (χ4v) is 5.55. The van der Waals surface area contributed by atoms with Gasteiger partial charge in [-0.25, -0.2) is 4.39 Å². The van der Waals surface area contributed by atoms with Crippen molar-refractivity contribution in [3.05, 3.63) is 106 Å². The number of hydrogen-bond acceptors (Lipinski definition) is 3. The molecule has 41 heavy (non-hydrogen) atoms. The van der Waals surface area contributed by atoms with Crippen LogP contribution in [-0.2, 0) is 21.9 Å². The smallest absolute Gasteiger partial charge is 0.368 e. The maximum atomic E-state index is 13.8. The van der Waals surface area contributed by atoms with E-state index >= 15 is 0 Å². The van der Waals surface area contributed by atoms with E-state index in [0.717, 1.165) is 16.8 Å². The van der Waals surface area contributed by atoms with Crippen molar-refractivity contribution in [3.8, 4) is 0 Å². The van der Waals surface area contributed by atoms with Crippen LogP contribution in [0.3, 0.4) is 0 Å². The summed E-state index contributed by atoms with van der Waals surface area (Å²) in [6.07, 6.45) is -8.42. The number of benzene rings is 2. The zero-order valence-corrected chi connectivity index (χ0v) is 21.9. The van der Waals surface area contributed by atoms with E-state index in [1.165, 1.54) is 25.1 Å². The monoisotopic (exact) mass is 578 g/mol. The lowest BCUT2D eigenvalue weighted by Gasteiger charge is -2.32. The Morgan fingerprint density at radius 3 is 2.15 bits per heavy atom. The molecule has 1 fully saturated rings. The Balaban J connectivity index is 1.49. The Bertz CT molecular complexity index is 1430. The summed E-state index contributed by atoms with van der Waals surface area (Å²) in [5.74, 6) is -1.32. The predicted molar refractivity (Wildman–Crippen MR) is 136 cm³/mol. The molecule has 0 bridgehead atoms. The van der Waals surface area contributed by atoms with Crippen LogP contribution in [0.5, 0.6) is 0 Å². The van der Waals surface area contributed by atoms with Crippen LogP contribution in [0, 0.1) is 12.7 Å². The molecule has 3 heterocycles. The number of nitrogens with zero attached hydrogens (tertiary/aromatic N) is 2. The fourth-order valence-electron chi connectivity index (χ4n) is 5.55. The van der Waals surface area contributed by atoms with Crippen molar-refractivity contribution in [2.75, 3.05) is 6.54 Å². The highest BCUT2D eigenvalue weighted by molar-refractivity contribution is 5.97. The van der Waals surface area contributed by atoms with Crippen LogP contribution in [-0.4, -0.2) is 34.5 Å². The number of carbonyl (C=O) groups excluding carboxylic acids is 1. The molecule has 1 amide bonds. The van der Waals surface area contributed by atoms with Crippen molar-refractivity contribution in [2.45, 2.75) is 56.8 Å². The number of rotatable bonds is 5. The van der Waals surface area contributed by atoms with Gasteiger partial charge in [-0.3, -0.25) is 9.78 Å². The summed E-state index contributed by atoms with van der Waals surface area (Å²) in [5.41, 5.74) is -0.258. The molecule has 216 valence electrons. The van der Waals surface area contributed by atoms with Crippen LogP contribution < -0.4 is 0 Å². The molecule has 1 saturated heterocycles. The number of halogens is 7. The number of hydrogen-bond donors (Lipinski definition) is 0. The highest BCUT2D eigenvalue weighted by atomic mass is 19.4. The minimum atomic E-state index is -5.00. The molecular formula is C30H25F7N2O2. The predicted octanol–water partition coefficient (Wildman–Crippen LogP) is 7.49. The zero-order valence-electron chi connectivity index (χ0n) is 21.9. The molecule has 0 N–H and O–H groups in total. The summed E-state index contributed by atoms with van der Waals surface area (Å²) in [7, 11) is 0. The Kier molecular flexibility index (Phi) is 7.44. The zero-order chi connectivity index (χ0) is 29.7. The minimum Gasteiger partial charge on any atom is -0.368 e. The molecule has 3 aromatic rings. The van der Waals surface area contributed by atoms with Gasteiger partial charge in [-0.15, -0.1) is 0 Å². The van der Waals surface area contributed by atoms with Gasteiger partial charge in [0, 0.05) is 36.5 Å². The third-order valence-electron chi connectivity index (χ3n) is 7.60. The number of alkyl halides is 6. The number of amides is 1. The molecule has 1 aromatic heterocycles. The van der Waals surface area contributed by atoms with E-state index < -0.39 is 53.5 Å². The molecule has 0 aliphatic carbocycles. The van der Waals surface area contributed by atoms with Crippen molar-refractivity contribution < 1.29 is 40.3 Å². The average Bonchev–Trinajstić information content (AvgIpc) is 3.26. The number of aryl methyl sites for hydroxylation is 1. The number of fused-ring (bicyclic) bond motifs is 1. The van der Waals surface area contributed by atoms with Crippen molar-refractivity contribution >= 4 is 11.5 Å². The molecule has 0 saturated carbocycles. The summed E-state index contributed by atoms with van der Waals surface area (Å²) in [5, 5.41) is 0. The van der Waals surface area contributed by atoms with E-state index in [4.69, 9.17) is 4.74 Å². The highest BCUT2D eigenvalue weighted by Gasteiger charge is 2.48. The van der Waals surface area contributed by atoms with Gasteiger partial charge in [0.2, 0.25) is 5.91 Å². The van der Waals surface area contributed by atoms with Crippen LogP contribution in [0.4, 0.5) is 30.7 Å². The van der Waals surface area contributed by atoms with Gasteiger partial charge in [0.05, 0.1) is 23.3 Å². The number of pyridine rings is 1. The number of aromatic nitrogens is 1. The lowest BCUT2D eigenvalue weighted by Crippen LogP contribution is -2.39. The first-order chi connectivity index (χ1) is 19.2. The quantitative estimate of drug-likeness (QED) is 0.295. The molecule has 2 unspecified atom stereocenters. The summed E-state index contributed by atoms with van der Waals surface area (Å²) < 4.78 is 101. The van der Waals surface area contributed by atoms with Gasteiger partial charge in [-0.1, -0.05) is 18.2 Å². The van der Waals surface area contributed by atoms with E-state index in [2.05, 4.69) is 4.98 Å². The maximum Gasteiger partial charge on any atom is 0.416 e. The van der Waals surface area contributed by atoms with Gasteiger partial charge < -0.3 is 9.64 Å². The van der Waals surface area contributed by atoms with Crippen LogP contribution in [0.25, 0.3) is 5.57 Å². The molecule has 0 radical (unpaired) electrons. The molecule has 0 spiro atoms. The van der Waals surface area contributed by atoms with Gasteiger partial charge in [0.25, 0.3) is 0 Å². The SMILES string of the molecule is Cc1ccc(C2=CC(=O)N3C[C@H](O[C@H](C)c4cc(C(F)(F)F)cc(C(F)(F)F)c4)C(c4ccc(F)cc4)C3C2)cn1. The van der Waals surface area contributed by atoms with Gasteiger partial charge in [-0.05, 0) is 78.9 Å². The van der Waals surface area contributed by atoms with Crippen LogP contribution >= 0.6 is 0 Å². The van der Waals surface area contributed by atoms with E-state index in [1.807, 2.05) is 19.1 Å². The first-order valence-corrected chi connectivity index (χ1v) is 12.8. The molecule has 2 aromatic carbocycles. The van der Waals surface area contributed by atoms with Crippen molar-refractivity contribution in [3.63, 3.8) is 0 Å². The van der Waals surface area contributed by atoms with Crippen LogP contribution in [0.15, 0.2) is 66.9 Å². The van der Waals surface area contributed by atoms with Crippen molar-refractivity contribution in [1.82, 2.24) is 9.88 Å². The van der Waals surface area contributed by atoms with Gasteiger partial charge in [0.1, 0.15) is 5.82 Å². The van der Waals surface area contributed by atoms with Crippen LogP contribution in [0.1, 0.15) is 58.9 Å². The number of carbonyl (C=O) groups is 1. The minimum absolute atomic E-state index is 0.0525. The topological polar surface area (TPSA) is 42.4 Å². The maximum absolute atomic E-state index is 13.8. The molecule has 5 rings (SSSR count). The highest BCUT2D eigenvalue weighted by Crippen LogP contribution is 2.45. The average molecular weight is 579 g/mol. The summed E-state index contributed by atoms with van der Waals surface area (Å²) in [4.78, 5) is 19.1. The second-order valence-corrected chi connectivity index (χ2v) is 10.4. The van der Waals surface area contributed by atoms with Gasteiger partial charge >= 0.3 is 12.4 Å². The van der Waals surface area contributed by atoms with Gasteiger partial charge in [-0.2, -0.15) is 26.3 Å². The number of ether oxygens (including phenoxy) is 1. The molecule has 4 atom stereocenters. The van der Waals surface area contributed by atoms with Gasteiger partial charge in [0.15, 0.2) is 0 Å². The van der Waals surface area contributed by atoms with Crippen LogP contribution in [0.2, 0.25) is 0 Å². The Morgan fingerprint density at radius 2 is 1.59 bits per heavy atom. The van der Waals surface area contributed by atoms with E-state index in [-0.39, 0.29) is 24.1 Å². The second kappa shape index (κ2) is 10.6. The fraction of sp³-hybridized carbons (Fsp3) is 0.333. The molecular weight excluding hydrogens is 553 g/mol. The molecule has 2 aliphatic rings. The summed E-state index contributed by atoms with van der Waals surface area (Å²) >= 11 is 0. The Labute approximate surface area is 231 Å². The van der Waals surface area contributed by atoms with Crippen molar-refractivity contribution in [2.24, 2.45) is 0 Å². The van der Waals surface area contributed by atoms with Crippen molar-refractivity contribution in [1.29, 1.82) is 0 Å². The second-order valence-electron chi connectivity index (χ2n) is 10.4. The van der Waals surface area contributed by atoms with E-state index in [1.54, 1.807) is 23.2 Å². The first kappa shape index (κ1) is 28.8. The largest absolute Gasteiger partial charge is 0.416 e. The van der Waals surface area contributed by atoms with E-state index in [0.29, 0.717) is 24.1 Å². The standard InChI is InChI=1S/C30H25F7N2O2/c1-16-3-4-19(14-38-16)21-11-25-28(18-5-7-24(31)8-6-18)26(15-39(25)27(40)12-21)41-17(2)20-9-22(29(32,33)34)13-23(10-20)30(35,36)37/h3-10,12-14,17,25-26,28H,11,15H2,1-2H3/t17-,25?,26+,28?/m1/s1. The Hall–Kier alpha value is -3.73. The lowest BCUT2D eigenvalue weighted by atomic mass is 9.83. The molecule has 2 aliphatic heterocycles. The third kappa shape index (κ3) is 6.00. The Morgan fingerprint density at radius 1 is 0.951 bits per heavy atom. The molecule has 4 nitrogen and oxygen atoms in total. The lowest BCUT2D eigenvalue weighted by molar-refractivity contribution is -0.143. The first-order valence-electron chi connectivity index (χ1n) is 12.8. The summed E-state index contributed by atoms with van der Waals surface area (Å²) in [6, 6.07) is 10.2. The third-order valence-corrected chi connectivity index (χ3v) is 7.60.